The second kappa shape index (κ2) is 12.2. The number of aliphatic imine (C=N–C) groups is 1. The van der Waals surface area contributed by atoms with Gasteiger partial charge in [0.2, 0.25) is 6.10 Å². The molecule has 40 heavy (non-hydrogen) atoms. The van der Waals surface area contributed by atoms with Gasteiger partial charge in [0.15, 0.2) is 16.0 Å². The first-order chi connectivity index (χ1) is 19.0. The molecule has 1 saturated heterocycles. The molecule has 4 heterocycles. The number of hydrogen-bond acceptors (Lipinski definition) is 14. The van der Waals surface area contributed by atoms with E-state index >= 15 is 0 Å². The Morgan fingerprint density at radius 3 is 2.73 bits per heavy atom. The lowest BCUT2D eigenvalue weighted by molar-refractivity contribution is -0.151. The number of carboxylic acids is 2. The predicted octanol–water partition coefficient (Wildman–Crippen LogP) is -0.117. The molecule has 2 amide bonds. The first-order valence-electron chi connectivity index (χ1n) is 11.8. The highest BCUT2D eigenvalue weighted by Gasteiger charge is 2.54. The number of thiazole rings is 1. The van der Waals surface area contributed by atoms with E-state index < -0.39 is 41.3 Å². The minimum absolute atomic E-state index is 0.0386. The Morgan fingerprint density at radius 1 is 1.35 bits per heavy atom. The summed E-state index contributed by atoms with van der Waals surface area (Å²) < 4.78 is 0. The molecular formula is C22H26N8O7S3. The van der Waals surface area contributed by atoms with Crippen LogP contribution in [0.3, 0.4) is 0 Å². The zero-order valence-electron chi connectivity index (χ0n) is 21.3. The molecule has 1 aromatic rings. The maximum Gasteiger partial charge on any atom is 0.352 e. The van der Waals surface area contributed by atoms with Crippen molar-refractivity contribution in [3.05, 3.63) is 34.2 Å². The summed E-state index contributed by atoms with van der Waals surface area (Å²) in [5, 5.41) is 27.0. The Labute approximate surface area is 240 Å². The molecule has 0 spiro atoms. The number of anilines is 1. The fraction of sp³-hybridized carbons (Fsp3) is 0.409. The minimum atomic E-state index is -1.31. The van der Waals surface area contributed by atoms with Crippen LogP contribution >= 0.6 is 34.9 Å². The molecule has 0 saturated carbocycles. The molecule has 3 atom stereocenters. The lowest BCUT2D eigenvalue weighted by atomic mass is 10.0. The zero-order chi connectivity index (χ0) is 29.1. The molecule has 1 unspecified atom stereocenters. The van der Waals surface area contributed by atoms with Gasteiger partial charge >= 0.3 is 11.9 Å². The third kappa shape index (κ3) is 6.02. The fourth-order valence-electron chi connectivity index (χ4n) is 3.86. The molecule has 0 bridgehead atoms. The number of likely N-dealkylation sites (N-methyl/N-ethyl adjacent to an activating group) is 1. The van der Waals surface area contributed by atoms with Gasteiger partial charge in [0.25, 0.3) is 11.8 Å². The van der Waals surface area contributed by atoms with Crippen LogP contribution in [0.4, 0.5) is 5.13 Å². The number of thioether (sulfide) groups is 2. The summed E-state index contributed by atoms with van der Waals surface area (Å²) in [4.78, 5) is 66.2. The van der Waals surface area contributed by atoms with Gasteiger partial charge in [-0.15, -0.1) is 23.1 Å². The summed E-state index contributed by atoms with van der Waals surface area (Å²) in [5.74, 6) is -3.03. The third-order valence-corrected chi connectivity index (χ3v) is 9.10. The summed E-state index contributed by atoms with van der Waals surface area (Å²) >= 11 is 3.66. The van der Waals surface area contributed by atoms with Gasteiger partial charge in [-0.2, -0.15) is 0 Å². The largest absolute Gasteiger partial charge is 0.478 e. The number of aromatic nitrogens is 1. The van der Waals surface area contributed by atoms with Crippen LogP contribution < -0.4 is 16.8 Å². The second-order valence-corrected chi connectivity index (χ2v) is 11.6. The number of nitrogens with two attached hydrogens (primary N) is 2. The van der Waals surface area contributed by atoms with Crippen molar-refractivity contribution in [2.24, 2.45) is 15.9 Å². The van der Waals surface area contributed by atoms with Crippen molar-refractivity contribution in [3.8, 4) is 0 Å². The number of carboxylic acid groups (broad SMARTS) is 2. The van der Waals surface area contributed by atoms with Gasteiger partial charge in [0.05, 0.1) is 0 Å². The molecule has 15 nitrogen and oxygen atoms in total. The summed E-state index contributed by atoms with van der Waals surface area (Å²) in [6, 6.07) is -1.05. The Balaban J connectivity index is 1.50. The van der Waals surface area contributed by atoms with Crippen molar-refractivity contribution in [2.75, 3.05) is 30.8 Å². The number of oxime groups is 1. The Kier molecular flexibility index (Phi) is 8.89. The zero-order valence-corrected chi connectivity index (χ0v) is 23.7. The van der Waals surface area contributed by atoms with Crippen molar-refractivity contribution in [3.63, 3.8) is 0 Å². The molecule has 0 radical (unpaired) electrons. The number of β-lactam (4-membered cyclic amide) rings is 1. The number of amidine groups is 1. The molecule has 0 aromatic carbocycles. The topological polar surface area (TPSA) is 226 Å². The molecule has 3 aliphatic rings. The average molecular weight is 611 g/mol. The van der Waals surface area contributed by atoms with E-state index in [1.54, 1.807) is 13.0 Å². The number of rotatable bonds is 10. The van der Waals surface area contributed by atoms with Crippen molar-refractivity contribution in [1.29, 1.82) is 0 Å². The van der Waals surface area contributed by atoms with Gasteiger partial charge in [-0.1, -0.05) is 23.8 Å². The van der Waals surface area contributed by atoms with Crippen LogP contribution in [0.2, 0.25) is 0 Å². The first-order valence-corrected chi connectivity index (χ1v) is 14.7. The summed E-state index contributed by atoms with van der Waals surface area (Å²) in [6.07, 6.45) is 0.542. The number of nitrogen functional groups attached to an aromatic ring is 1. The van der Waals surface area contributed by atoms with E-state index in [1.807, 2.05) is 11.9 Å². The molecule has 7 N–H and O–H groups in total. The lowest BCUT2D eigenvalue weighted by Gasteiger charge is -2.49. The maximum absolute atomic E-state index is 13.2. The van der Waals surface area contributed by atoms with Crippen molar-refractivity contribution in [1.82, 2.24) is 20.1 Å². The van der Waals surface area contributed by atoms with Gasteiger partial charge < -0.3 is 36.7 Å². The summed E-state index contributed by atoms with van der Waals surface area (Å²) in [7, 11) is 1.84. The van der Waals surface area contributed by atoms with Gasteiger partial charge in [-0.3, -0.25) is 14.5 Å². The van der Waals surface area contributed by atoms with E-state index in [2.05, 4.69) is 20.4 Å². The number of nitrogens with zero attached hydrogens (tertiary/aromatic N) is 5. The van der Waals surface area contributed by atoms with E-state index in [1.165, 1.54) is 28.9 Å². The number of nitrogens with one attached hydrogen (secondary N) is 1. The minimum Gasteiger partial charge on any atom is -0.478 e. The Hall–Kier alpha value is -3.77. The van der Waals surface area contributed by atoms with E-state index in [9.17, 15) is 29.4 Å². The normalized spacial score (nSPS) is 21.6. The van der Waals surface area contributed by atoms with E-state index in [0.717, 1.165) is 16.2 Å². The molecular weight excluding hydrogens is 584 g/mol. The number of hydrogen-bond donors (Lipinski definition) is 5. The van der Waals surface area contributed by atoms with Gasteiger partial charge in [-0.25, -0.2) is 19.6 Å². The number of carbonyl (C=O) groups excluding carboxylic acids is 2. The van der Waals surface area contributed by atoms with E-state index in [4.69, 9.17) is 16.3 Å². The molecule has 4 rings (SSSR count). The highest BCUT2D eigenvalue weighted by Crippen LogP contribution is 2.41. The first kappa shape index (κ1) is 29.2. The van der Waals surface area contributed by atoms with Crippen LogP contribution in [0.25, 0.3) is 0 Å². The molecule has 1 aromatic heterocycles. The quantitative estimate of drug-likeness (QED) is 0.132. The van der Waals surface area contributed by atoms with Crippen LogP contribution in [-0.2, 0) is 24.0 Å². The van der Waals surface area contributed by atoms with E-state index in [-0.39, 0.29) is 34.4 Å². The number of amides is 2. The van der Waals surface area contributed by atoms with Gasteiger partial charge in [0, 0.05) is 30.5 Å². The summed E-state index contributed by atoms with van der Waals surface area (Å²) in [6.45, 7) is 2.15. The molecule has 214 valence electrons. The van der Waals surface area contributed by atoms with Crippen molar-refractivity contribution in [2.45, 2.75) is 30.9 Å². The van der Waals surface area contributed by atoms with Crippen LogP contribution in [-0.4, -0.2) is 102 Å². The van der Waals surface area contributed by atoms with Crippen molar-refractivity contribution < 1.29 is 34.2 Å². The van der Waals surface area contributed by atoms with Gasteiger partial charge in [0.1, 0.15) is 28.6 Å². The highest BCUT2D eigenvalue weighted by atomic mass is 32.2. The number of carbonyl (C=O) groups is 4. The SMILES string of the molecule is CC[C@H](O/N=C(\C(=O)NC1C(=O)N2C(C(=O)O)=C(CSC3=NC(N)=CCN3C)CS[C@@H]12)c1csc(N)n1)C(=O)O. The second-order valence-electron chi connectivity index (χ2n) is 8.66. The lowest BCUT2D eigenvalue weighted by Crippen LogP contribution is -2.71. The smallest absolute Gasteiger partial charge is 0.352 e. The predicted molar refractivity (Wildman–Crippen MR) is 150 cm³/mol. The third-order valence-electron chi connectivity index (χ3n) is 5.93. The van der Waals surface area contributed by atoms with Gasteiger partial charge in [-0.05, 0) is 18.1 Å². The Morgan fingerprint density at radius 2 is 2.10 bits per heavy atom. The number of fused-ring (bicyclic) bond motifs is 1. The monoisotopic (exact) mass is 610 g/mol. The van der Waals surface area contributed by atoms with Crippen LogP contribution in [0.1, 0.15) is 19.0 Å². The van der Waals surface area contributed by atoms with Crippen molar-refractivity contribution >= 4 is 74.6 Å². The standard InChI is InChI=1S/C22H26N8O7S3/c1-3-11(19(33)34)37-28-13(10-8-39-21(24)25-10)16(31)27-14-17(32)30-15(20(35)36)9(6-38-18(14)30)7-40-22-26-12(23)4-5-29(22)2/h4,8,11,14,18H,3,5-7,23H2,1-2H3,(H2,24,25)(H,27,31)(H,33,34)(H,35,36)/b28-13-/t11-,14?,18-/m0/s1. The Bertz CT molecular complexity index is 1360. The highest BCUT2D eigenvalue weighted by molar-refractivity contribution is 8.14. The molecule has 3 aliphatic heterocycles. The average Bonchev–Trinajstić information content (AvgIpc) is 3.34. The van der Waals surface area contributed by atoms with Crippen LogP contribution in [0.15, 0.2) is 38.7 Å². The molecule has 0 aliphatic carbocycles. The van der Waals surface area contributed by atoms with E-state index in [0.29, 0.717) is 28.9 Å². The summed E-state index contributed by atoms with van der Waals surface area (Å²) in [5.41, 5.74) is 11.5. The van der Waals surface area contributed by atoms with Crippen LogP contribution in [0.5, 0.6) is 0 Å². The number of aliphatic carboxylic acids is 2. The molecule has 18 heteroatoms. The van der Waals surface area contributed by atoms with Crippen LogP contribution in [0, 0.1) is 0 Å². The molecule has 1 fully saturated rings. The maximum atomic E-state index is 13.2. The fourth-order valence-corrected chi connectivity index (χ4v) is 6.89.